The van der Waals surface area contributed by atoms with E-state index in [1.807, 2.05) is 25.1 Å². The van der Waals surface area contributed by atoms with Gasteiger partial charge in [0.05, 0.1) is 13.2 Å². The van der Waals surface area contributed by atoms with Crippen LogP contribution in [-0.2, 0) is 0 Å². The molecule has 2 aromatic rings. The van der Waals surface area contributed by atoms with Gasteiger partial charge in [-0.25, -0.2) is 4.79 Å². The van der Waals surface area contributed by atoms with Gasteiger partial charge in [-0.15, -0.1) is 0 Å². The zero-order chi connectivity index (χ0) is 17.6. The molecular formula is C20H27N3O2. The second kappa shape index (κ2) is 8.21. The largest absolute Gasteiger partial charge is 0.497 e. The lowest BCUT2D eigenvalue weighted by Crippen LogP contribution is -2.41. The summed E-state index contributed by atoms with van der Waals surface area (Å²) < 4.78 is 5.26. The van der Waals surface area contributed by atoms with Gasteiger partial charge in [0, 0.05) is 6.54 Å². The molecule has 5 nitrogen and oxygen atoms in total. The third kappa shape index (κ3) is 4.63. The Hall–Kier alpha value is -2.27. The van der Waals surface area contributed by atoms with Gasteiger partial charge in [-0.1, -0.05) is 18.2 Å². The predicted octanol–water partition coefficient (Wildman–Crippen LogP) is 3.21. The fourth-order valence-corrected chi connectivity index (χ4v) is 3.29. The van der Waals surface area contributed by atoms with Crippen molar-refractivity contribution in [2.24, 2.45) is 5.92 Å². The fourth-order valence-electron chi connectivity index (χ4n) is 3.29. The molecular weight excluding hydrogens is 314 g/mol. The van der Waals surface area contributed by atoms with Crippen LogP contribution in [-0.4, -0.2) is 32.8 Å². The number of ether oxygens (including phenoxy) is 1. The molecule has 0 radical (unpaired) electrons. The van der Waals surface area contributed by atoms with Gasteiger partial charge < -0.3 is 20.7 Å². The van der Waals surface area contributed by atoms with E-state index in [2.05, 4.69) is 34.1 Å². The first-order valence-electron chi connectivity index (χ1n) is 8.98. The van der Waals surface area contributed by atoms with Crippen LogP contribution in [0.1, 0.15) is 31.4 Å². The molecule has 1 aliphatic rings. The van der Waals surface area contributed by atoms with Crippen LogP contribution in [0.15, 0.2) is 36.4 Å². The van der Waals surface area contributed by atoms with Crippen molar-refractivity contribution in [3.05, 3.63) is 42.0 Å². The molecule has 2 aromatic carbocycles. The summed E-state index contributed by atoms with van der Waals surface area (Å²) in [5, 5.41) is 11.7. The molecule has 25 heavy (non-hydrogen) atoms. The molecule has 0 spiro atoms. The van der Waals surface area contributed by atoms with E-state index in [4.69, 9.17) is 4.74 Å². The molecule has 1 saturated heterocycles. The van der Waals surface area contributed by atoms with Gasteiger partial charge >= 0.3 is 6.03 Å². The van der Waals surface area contributed by atoms with E-state index >= 15 is 0 Å². The van der Waals surface area contributed by atoms with Crippen molar-refractivity contribution >= 4 is 16.8 Å². The van der Waals surface area contributed by atoms with E-state index in [0.29, 0.717) is 5.92 Å². The molecule has 0 saturated carbocycles. The Kier molecular flexibility index (Phi) is 5.76. The first-order valence-corrected chi connectivity index (χ1v) is 8.98. The molecule has 5 heteroatoms. The number of rotatable bonds is 5. The number of nitrogens with one attached hydrogen (secondary N) is 3. The summed E-state index contributed by atoms with van der Waals surface area (Å²) in [5.41, 5.74) is 1.09. The minimum atomic E-state index is -0.0964. The summed E-state index contributed by atoms with van der Waals surface area (Å²) in [5.74, 6) is 1.43. The van der Waals surface area contributed by atoms with Crippen LogP contribution in [0.25, 0.3) is 10.8 Å². The normalized spacial score (nSPS) is 16.4. The molecule has 3 N–H and O–H groups in total. The number of methoxy groups -OCH3 is 1. The topological polar surface area (TPSA) is 62.4 Å². The summed E-state index contributed by atoms with van der Waals surface area (Å²) in [6.07, 6.45) is 2.26. The smallest absolute Gasteiger partial charge is 0.315 e. The fraction of sp³-hybridized carbons (Fsp3) is 0.450. The maximum absolute atomic E-state index is 12.2. The minimum absolute atomic E-state index is 0.0421. The van der Waals surface area contributed by atoms with Crippen LogP contribution >= 0.6 is 0 Å². The number of urea groups is 1. The highest BCUT2D eigenvalue weighted by atomic mass is 16.5. The summed E-state index contributed by atoms with van der Waals surface area (Å²) >= 11 is 0. The molecule has 0 aliphatic carbocycles. The zero-order valence-electron chi connectivity index (χ0n) is 15.0. The van der Waals surface area contributed by atoms with Gasteiger partial charge in [0.1, 0.15) is 5.75 Å². The zero-order valence-corrected chi connectivity index (χ0v) is 15.0. The van der Waals surface area contributed by atoms with Crippen molar-refractivity contribution in [2.45, 2.75) is 25.8 Å². The van der Waals surface area contributed by atoms with Crippen LogP contribution in [0.2, 0.25) is 0 Å². The third-order valence-corrected chi connectivity index (χ3v) is 4.93. The SMILES string of the molecule is COc1ccc2cc(C(C)NC(=O)NCC3CCNCC3)ccc2c1. The second-order valence-corrected chi connectivity index (χ2v) is 6.74. The average molecular weight is 341 g/mol. The van der Waals surface area contributed by atoms with Gasteiger partial charge in [0.2, 0.25) is 0 Å². The van der Waals surface area contributed by atoms with Gasteiger partial charge in [0.25, 0.3) is 0 Å². The second-order valence-electron chi connectivity index (χ2n) is 6.74. The lowest BCUT2D eigenvalue weighted by atomic mass is 9.98. The first kappa shape index (κ1) is 17.5. The highest BCUT2D eigenvalue weighted by Gasteiger charge is 2.15. The highest BCUT2D eigenvalue weighted by Crippen LogP contribution is 2.24. The molecule has 0 bridgehead atoms. The number of carbonyl (C=O) groups excluding carboxylic acids is 1. The quantitative estimate of drug-likeness (QED) is 0.782. The number of piperidine rings is 1. The predicted molar refractivity (Wildman–Crippen MR) is 101 cm³/mol. The van der Waals surface area contributed by atoms with Crippen molar-refractivity contribution in [3.8, 4) is 5.75 Å². The molecule has 1 aliphatic heterocycles. The van der Waals surface area contributed by atoms with E-state index in [1.165, 1.54) is 0 Å². The molecule has 1 heterocycles. The Labute approximate surface area is 149 Å². The van der Waals surface area contributed by atoms with Crippen molar-refractivity contribution in [3.63, 3.8) is 0 Å². The Morgan fingerprint density at radius 1 is 1.20 bits per heavy atom. The summed E-state index contributed by atoms with van der Waals surface area (Å²) in [4.78, 5) is 12.2. The van der Waals surface area contributed by atoms with Crippen molar-refractivity contribution < 1.29 is 9.53 Å². The van der Waals surface area contributed by atoms with Crippen LogP contribution in [0, 0.1) is 5.92 Å². The summed E-state index contributed by atoms with van der Waals surface area (Å²) in [6.45, 7) is 4.85. The molecule has 1 atom stereocenters. The van der Waals surface area contributed by atoms with Crippen LogP contribution < -0.4 is 20.7 Å². The Balaban J connectivity index is 1.57. The standard InChI is InChI=1S/C20H27N3O2/c1-14(23-20(24)22-13-15-7-9-21-10-8-15)16-3-4-18-12-19(25-2)6-5-17(18)11-16/h3-6,11-12,14-15,21H,7-10,13H2,1-2H3,(H2,22,23,24). The van der Waals surface area contributed by atoms with E-state index < -0.39 is 0 Å². The number of amides is 2. The van der Waals surface area contributed by atoms with Crippen LogP contribution in [0.4, 0.5) is 4.79 Å². The Morgan fingerprint density at radius 3 is 2.68 bits per heavy atom. The Bertz CT molecular complexity index is 726. The number of hydrogen-bond acceptors (Lipinski definition) is 3. The lowest BCUT2D eigenvalue weighted by Gasteiger charge is -2.23. The molecule has 1 unspecified atom stereocenters. The van der Waals surface area contributed by atoms with Gasteiger partial charge in [-0.3, -0.25) is 0 Å². The summed E-state index contributed by atoms with van der Waals surface area (Å²) in [7, 11) is 1.67. The van der Waals surface area contributed by atoms with Crippen LogP contribution in [0.3, 0.4) is 0 Å². The number of hydrogen-bond donors (Lipinski definition) is 3. The van der Waals surface area contributed by atoms with Gasteiger partial charge in [0.15, 0.2) is 0 Å². The maximum Gasteiger partial charge on any atom is 0.315 e. The molecule has 1 fully saturated rings. The highest BCUT2D eigenvalue weighted by molar-refractivity contribution is 5.85. The lowest BCUT2D eigenvalue weighted by molar-refractivity contribution is 0.234. The number of fused-ring (bicyclic) bond motifs is 1. The molecule has 2 amide bonds. The number of benzene rings is 2. The summed E-state index contributed by atoms with van der Waals surface area (Å²) in [6, 6.07) is 12.1. The van der Waals surface area contributed by atoms with Gasteiger partial charge in [-0.2, -0.15) is 0 Å². The van der Waals surface area contributed by atoms with Crippen LogP contribution in [0.5, 0.6) is 5.75 Å². The Morgan fingerprint density at radius 2 is 1.92 bits per heavy atom. The van der Waals surface area contributed by atoms with E-state index in [0.717, 1.165) is 54.6 Å². The minimum Gasteiger partial charge on any atom is -0.497 e. The average Bonchev–Trinajstić information content (AvgIpc) is 2.66. The van der Waals surface area contributed by atoms with Crippen molar-refractivity contribution in [1.82, 2.24) is 16.0 Å². The van der Waals surface area contributed by atoms with E-state index in [1.54, 1.807) is 7.11 Å². The molecule has 0 aromatic heterocycles. The van der Waals surface area contributed by atoms with Crippen molar-refractivity contribution in [1.29, 1.82) is 0 Å². The third-order valence-electron chi connectivity index (χ3n) is 4.93. The molecule has 134 valence electrons. The monoisotopic (exact) mass is 341 g/mol. The number of carbonyl (C=O) groups is 1. The van der Waals surface area contributed by atoms with E-state index in [-0.39, 0.29) is 12.1 Å². The van der Waals surface area contributed by atoms with E-state index in [9.17, 15) is 4.79 Å². The van der Waals surface area contributed by atoms with Gasteiger partial charge in [-0.05, 0) is 73.3 Å². The first-order chi connectivity index (χ1) is 12.2. The van der Waals surface area contributed by atoms with Crippen molar-refractivity contribution in [2.75, 3.05) is 26.7 Å². The molecule has 3 rings (SSSR count). The maximum atomic E-state index is 12.2.